The summed E-state index contributed by atoms with van der Waals surface area (Å²) >= 11 is 0. The van der Waals surface area contributed by atoms with Crippen LogP contribution in [-0.2, 0) is 9.53 Å². The van der Waals surface area contributed by atoms with Crippen LogP contribution in [0.2, 0.25) is 0 Å². The molecule has 166 valence electrons. The van der Waals surface area contributed by atoms with Crippen LogP contribution in [0.5, 0.6) is 17.5 Å². The number of esters is 1. The van der Waals surface area contributed by atoms with Crippen molar-refractivity contribution in [1.82, 2.24) is 15.0 Å². The van der Waals surface area contributed by atoms with E-state index in [1.165, 1.54) is 6.92 Å². The second kappa shape index (κ2) is 10.4. The summed E-state index contributed by atoms with van der Waals surface area (Å²) < 4.78 is 21.2. The van der Waals surface area contributed by atoms with Gasteiger partial charge in [-0.1, -0.05) is 30.8 Å². The first-order valence-corrected chi connectivity index (χ1v) is 9.63. The molecule has 0 saturated carbocycles. The lowest BCUT2D eigenvalue weighted by atomic mass is 10.1. The van der Waals surface area contributed by atoms with Gasteiger partial charge in [0.15, 0.2) is 18.3 Å². The molecule has 1 unspecified atom stereocenters. The predicted molar refractivity (Wildman–Crippen MR) is 116 cm³/mol. The molecule has 0 spiro atoms. The molecule has 0 fully saturated rings. The summed E-state index contributed by atoms with van der Waals surface area (Å²) in [5.41, 5.74) is 1.39. The largest absolute Gasteiger partial charge is 0.496 e. The molecular weight excluding hydrogens is 414 g/mol. The molecule has 0 bridgehead atoms. The van der Waals surface area contributed by atoms with Crippen molar-refractivity contribution in [2.45, 2.75) is 13.2 Å². The third-order valence-corrected chi connectivity index (χ3v) is 4.26. The normalized spacial score (nSPS) is 11.4. The summed E-state index contributed by atoms with van der Waals surface area (Å²) in [5, 5.41) is 9.95. The number of carbonyl (C=O) groups excluding carboxylic acids is 1. The van der Waals surface area contributed by atoms with Gasteiger partial charge in [0.2, 0.25) is 6.29 Å². The highest BCUT2D eigenvalue weighted by atomic mass is 16.7. The topological polar surface area (TPSA) is 113 Å². The molecule has 0 aliphatic carbocycles. The summed E-state index contributed by atoms with van der Waals surface area (Å²) in [7, 11) is 3.09. The number of aliphatic hydroxyl groups excluding tert-OH is 1. The van der Waals surface area contributed by atoms with Crippen LogP contribution in [0.4, 0.5) is 0 Å². The lowest BCUT2D eigenvalue weighted by Gasteiger charge is -2.14. The number of hydrogen-bond donors (Lipinski definition) is 1. The van der Waals surface area contributed by atoms with Crippen molar-refractivity contribution in [3.8, 4) is 40.3 Å². The molecule has 1 heterocycles. The molecule has 0 aliphatic rings. The minimum absolute atomic E-state index is 0.0766. The highest BCUT2D eigenvalue weighted by Crippen LogP contribution is 2.32. The summed E-state index contributed by atoms with van der Waals surface area (Å²) in [4.78, 5) is 24.8. The number of hydrogen-bond acceptors (Lipinski definition) is 9. The van der Waals surface area contributed by atoms with Crippen molar-refractivity contribution < 1.29 is 28.8 Å². The van der Waals surface area contributed by atoms with Crippen LogP contribution in [0.25, 0.3) is 22.8 Å². The van der Waals surface area contributed by atoms with E-state index in [-0.39, 0.29) is 18.2 Å². The van der Waals surface area contributed by atoms with E-state index in [4.69, 9.17) is 18.9 Å². The van der Waals surface area contributed by atoms with E-state index in [1.54, 1.807) is 38.5 Å². The first kappa shape index (κ1) is 22.7. The van der Waals surface area contributed by atoms with E-state index in [0.29, 0.717) is 34.3 Å². The number of aromatic nitrogens is 3. The summed E-state index contributed by atoms with van der Waals surface area (Å²) in [6, 6.07) is 14.4. The fourth-order valence-corrected chi connectivity index (χ4v) is 2.72. The van der Waals surface area contributed by atoms with Crippen LogP contribution in [0.15, 0.2) is 60.7 Å². The fraction of sp³-hybridized carbons (Fsp3) is 0.217. The first-order chi connectivity index (χ1) is 15.4. The van der Waals surface area contributed by atoms with Gasteiger partial charge in [0.25, 0.3) is 0 Å². The van der Waals surface area contributed by atoms with Gasteiger partial charge in [-0.3, -0.25) is 0 Å². The van der Waals surface area contributed by atoms with Crippen LogP contribution < -0.4 is 14.2 Å². The molecular formula is C23H23N3O6. The van der Waals surface area contributed by atoms with Crippen molar-refractivity contribution in [1.29, 1.82) is 0 Å². The van der Waals surface area contributed by atoms with Crippen molar-refractivity contribution in [2.75, 3.05) is 20.8 Å². The standard InChI is InChI=1S/C23H23N3O6/c1-14(2)22(28)32-19(27)13-31-23-25-20(15-9-5-7-11-17(15)29-3)24-21(26-23)16-10-6-8-12-18(16)30-4/h5-12,19,27H,1,13H2,2-4H3. The lowest BCUT2D eigenvalue weighted by molar-refractivity contribution is -0.167. The van der Waals surface area contributed by atoms with Gasteiger partial charge in [0.05, 0.1) is 25.3 Å². The Bertz CT molecular complexity index is 1050. The maximum atomic E-state index is 11.6. The van der Waals surface area contributed by atoms with E-state index in [2.05, 4.69) is 21.5 Å². The Hall–Kier alpha value is -3.98. The molecule has 3 aromatic rings. The number of methoxy groups -OCH3 is 2. The number of ether oxygens (including phenoxy) is 4. The van der Waals surface area contributed by atoms with Crippen molar-refractivity contribution >= 4 is 5.97 Å². The number of benzene rings is 2. The highest BCUT2D eigenvalue weighted by Gasteiger charge is 2.18. The zero-order valence-corrected chi connectivity index (χ0v) is 17.9. The maximum absolute atomic E-state index is 11.6. The van der Waals surface area contributed by atoms with E-state index < -0.39 is 12.3 Å². The van der Waals surface area contributed by atoms with E-state index in [0.717, 1.165) is 0 Å². The molecule has 3 rings (SSSR count). The van der Waals surface area contributed by atoms with Gasteiger partial charge in [-0.15, -0.1) is 0 Å². The van der Waals surface area contributed by atoms with Gasteiger partial charge in [-0.05, 0) is 31.2 Å². The van der Waals surface area contributed by atoms with Crippen LogP contribution in [0, 0.1) is 0 Å². The smallest absolute Gasteiger partial charge is 0.335 e. The molecule has 9 nitrogen and oxygen atoms in total. The summed E-state index contributed by atoms with van der Waals surface area (Å²) in [6.45, 7) is 4.55. The minimum Gasteiger partial charge on any atom is -0.496 e. The Morgan fingerprint density at radius 2 is 1.44 bits per heavy atom. The number of nitrogens with zero attached hydrogens (tertiary/aromatic N) is 3. The van der Waals surface area contributed by atoms with Gasteiger partial charge >= 0.3 is 12.0 Å². The third-order valence-electron chi connectivity index (χ3n) is 4.26. The number of para-hydroxylation sites is 2. The summed E-state index contributed by atoms with van der Waals surface area (Å²) in [6.07, 6.45) is -1.53. The van der Waals surface area contributed by atoms with Gasteiger partial charge in [-0.25, -0.2) is 9.78 Å². The SMILES string of the molecule is C=C(C)C(=O)OC(O)COc1nc(-c2ccccc2OC)nc(-c2ccccc2OC)n1. The maximum Gasteiger partial charge on any atom is 0.335 e. The molecule has 0 saturated heterocycles. The zero-order valence-electron chi connectivity index (χ0n) is 17.9. The van der Waals surface area contributed by atoms with Crippen molar-refractivity contribution in [3.63, 3.8) is 0 Å². The second-order valence-electron chi connectivity index (χ2n) is 6.62. The molecule has 32 heavy (non-hydrogen) atoms. The quantitative estimate of drug-likeness (QED) is 0.306. The molecule has 0 radical (unpaired) electrons. The molecule has 0 aliphatic heterocycles. The zero-order chi connectivity index (χ0) is 23.1. The van der Waals surface area contributed by atoms with Crippen LogP contribution in [-0.4, -0.2) is 53.1 Å². The minimum atomic E-state index is -1.53. The predicted octanol–water partition coefficient (Wildman–Crippen LogP) is 3.04. The average Bonchev–Trinajstić information content (AvgIpc) is 2.82. The van der Waals surface area contributed by atoms with Gasteiger partial charge in [0.1, 0.15) is 11.5 Å². The van der Waals surface area contributed by atoms with E-state index >= 15 is 0 Å². The second-order valence-corrected chi connectivity index (χ2v) is 6.62. The van der Waals surface area contributed by atoms with E-state index in [1.807, 2.05) is 24.3 Å². The van der Waals surface area contributed by atoms with Crippen LogP contribution in [0.3, 0.4) is 0 Å². The highest BCUT2D eigenvalue weighted by molar-refractivity contribution is 5.87. The Balaban J connectivity index is 1.99. The average molecular weight is 437 g/mol. The van der Waals surface area contributed by atoms with Crippen molar-refractivity contribution in [3.05, 3.63) is 60.7 Å². The Morgan fingerprint density at radius 3 is 1.91 bits per heavy atom. The van der Waals surface area contributed by atoms with Gasteiger partial charge in [-0.2, -0.15) is 9.97 Å². The molecule has 1 aromatic heterocycles. The molecule has 2 aromatic carbocycles. The monoisotopic (exact) mass is 437 g/mol. The number of rotatable bonds is 9. The lowest BCUT2D eigenvalue weighted by Crippen LogP contribution is -2.25. The third kappa shape index (κ3) is 5.38. The van der Waals surface area contributed by atoms with Gasteiger partial charge in [0, 0.05) is 5.57 Å². The number of carbonyl (C=O) groups is 1. The van der Waals surface area contributed by atoms with Gasteiger partial charge < -0.3 is 24.1 Å². The summed E-state index contributed by atoms with van der Waals surface area (Å²) in [5.74, 6) is 0.974. The van der Waals surface area contributed by atoms with Crippen LogP contribution >= 0.6 is 0 Å². The Labute approximate surface area is 185 Å². The Morgan fingerprint density at radius 1 is 0.938 bits per heavy atom. The first-order valence-electron chi connectivity index (χ1n) is 9.63. The molecule has 1 N–H and O–H groups in total. The molecule has 9 heteroatoms. The Kier molecular flexibility index (Phi) is 7.35. The molecule has 1 atom stereocenters. The van der Waals surface area contributed by atoms with Crippen LogP contribution in [0.1, 0.15) is 6.92 Å². The fourth-order valence-electron chi connectivity index (χ4n) is 2.72. The molecule has 0 amide bonds. The number of aliphatic hydroxyl groups is 1. The van der Waals surface area contributed by atoms with Crippen molar-refractivity contribution in [2.24, 2.45) is 0 Å². The van der Waals surface area contributed by atoms with E-state index in [9.17, 15) is 9.90 Å².